The second kappa shape index (κ2) is 6.61. The van der Waals surface area contributed by atoms with Crippen molar-refractivity contribution in [2.24, 2.45) is 5.92 Å². The first kappa shape index (κ1) is 17.0. The number of nitrogens with zero attached hydrogens (tertiary/aromatic N) is 2. The van der Waals surface area contributed by atoms with Gasteiger partial charge in [0, 0.05) is 31.5 Å². The summed E-state index contributed by atoms with van der Waals surface area (Å²) in [6, 6.07) is 6.79. The Hall–Kier alpha value is -1.79. The fraction of sp³-hybridized carbons (Fsp3) is 0.312. The van der Waals surface area contributed by atoms with Gasteiger partial charge in [0.15, 0.2) is 0 Å². The van der Waals surface area contributed by atoms with Gasteiger partial charge < -0.3 is 5.11 Å². The van der Waals surface area contributed by atoms with Gasteiger partial charge in [-0.05, 0) is 40.6 Å². The summed E-state index contributed by atoms with van der Waals surface area (Å²) in [4.78, 5) is -0.108. The Kier molecular flexibility index (Phi) is 4.69. The molecular formula is C16H15FN2O3S2. The molecule has 0 spiro atoms. The van der Waals surface area contributed by atoms with Gasteiger partial charge in [-0.25, -0.2) is 12.8 Å². The van der Waals surface area contributed by atoms with Gasteiger partial charge in [-0.2, -0.15) is 20.9 Å². The van der Waals surface area contributed by atoms with E-state index in [9.17, 15) is 17.9 Å². The van der Waals surface area contributed by atoms with Crippen LogP contribution in [0, 0.1) is 23.1 Å². The Balaban J connectivity index is 1.92. The molecule has 0 radical (unpaired) electrons. The third kappa shape index (κ3) is 2.96. The summed E-state index contributed by atoms with van der Waals surface area (Å²) < 4.78 is 40.3. The van der Waals surface area contributed by atoms with Gasteiger partial charge in [-0.15, -0.1) is 0 Å². The van der Waals surface area contributed by atoms with Crippen LogP contribution in [0.3, 0.4) is 0 Å². The number of aliphatic hydroxyl groups is 1. The number of nitriles is 1. The maximum atomic E-state index is 13.4. The molecule has 2 aromatic rings. The highest BCUT2D eigenvalue weighted by Crippen LogP contribution is 2.36. The molecule has 24 heavy (non-hydrogen) atoms. The summed E-state index contributed by atoms with van der Waals surface area (Å²) in [6.45, 7) is 0.335. The SMILES string of the molecule is N#Cc1cc(S(=O)(=O)N2CC(CO)C(c3ccsc3)C2)ccc1F. The van der Waals surface area contributed by atoms with Crippen LogP contribution in [-0.4, -0.2) is 37.5 Å². The van der Waals surface area contributed by atoms with E-state index < -0.39 is 15.8 Å². The Morgan fingerprint density at radius 1 is 1.38 bits per heavy atom. The highest BCUT2D eigenvalue weighted by Gasteiger charge is 2.40. The number of aliphatic hydroxyl groups excluding tert-OH is 1. The third-order valence-corrected chi connectivity index (χ3v) is 6.84. The number of thiophene rings is 1. The highest BCUT2D eigenvalue weighted by atomic mass is 32.2. The lowest BCUT2D eigenvalue weighted by Gasteiger charge is -2.16. The normalized spacial score (nSPS) is 21.7. The molecule has 5 nitrogen and oxygen atoms in total. The Morgan fingerprint density at radius 2 is 2.17 bits per heavy atom. The Bertz CT molecular complexity index is 875. The molecule has 2 atom stereocenters. The maximum absolute atomic E-state index is 13.4. The Labute approximate surface area is 143 Å². The van der Waals surface area contributed by atoms with Gasteiger partial charge >= 0.3 is 0 Å². The minimum absolute atomic E-state index is 0.0769. The number of rotatable bonds is 4. The lowest BCUT2D eigenvalue weighted by atomic mass is 9.92. The first-order valence-corrected chi connectivity index (χ1v) is 9.68. The van der Waals surface area contributed by atoms with E-state index in [-0.39, 0.29) is 42.0 Å². The number of sulfonamides is 1. The fourth-order valence-electron chi connectivity index (χ4n) is 2.98. The van der Waals surface area contributed by atoms with E-state index in [2.05, 4.69) is 0 Å². The van der Waals surface area contributed by atoms with Gasteiger partial charge in [-0.3, -0.25) is 0 Å². The van der Waals surface area contributed by atoms with Crippen molar-refractivity contribution < 1.29 is 17.9 Å². The summed E-state index contributed by atoms with van der Waals surface area (Å²) in [5, 5.41) is 22.4. The molecule has 3 rings (SSSR count). The van der Waals surface area contributed by atoms with Crippen LogP contribution in [0.25, 0.3) is 0 Å². The van der Waals surface area contributed by atoms with E-state index in [4.69, 9.17) is 5.26 Å². The second-order valence-corrected chi connectivity index (χ2v) is 8.40. The molecule has 0 saturated carbocycles. The lowest BCUT2D eigenvalue weighted by Crippen LogP contribution is -2.29. The monoisotopic (exact) mass is 366 g/mol. The van der Waals surface area contributed by atoms with E-state index in [1.807, 2.05) is 16.8 Å². The van der Waals surface area contributed by atoms with Crippen LogP contribution in [-0.2, 0) is 10.0 Å². The average molecular weight is 366 g/mol. The predicted octanol–water partition coefficient (Wildman–Crippen LogP) is 2.16. The standard InChI is InChI=1S/C16H15FN2O3S2/c17-16-2-1-14(5-12(16)6-18)24(21,22)19-7-13(9-20)15(8-19)11-3-4-23-10-11/h1-5,10,13,15,20H,7-9H2. The van der Waals surface area contributed by atoms with Crippen molar-refractivity contribution >= 4 is 21.4 Å². The molecule has 2 unspecified atom stereocenters. The molecule has 1 fully saturated rings. The molecule has 1 aliphatic rings. The average Bonchev–Trinajstić information content (AvgIpc) is 3.24. The molecule has 1 aromatic heterocycles. The van der Waals surface area contributed by atoms with Gasteiger partial charge in [-0.1, -0.05) is 0 Å². The van der Waals surface area contributed by atoms with E-state index in [0.717, 1.165) is 23.8 Å². The topological polar surface area (TPSA) is 81.4 Å². The molecule has 0 amide bonds. The number of hydrogen-bond acceptors (Lipinski definition) is 5. The molecule has 0 aliphatic carbocycles. The smallest absolute Gasteiger partial charge is 0.243 e. The highest BCUT2D eigenvalue weighted by molar-refractivity contribution is 7.89. The quantitative estimate of drug-likeness (QED) is 0.899. The summed E-state index contributed by atoms with van der Waals surface area (Å²) in [6.07, 6.45) is 0. The minimum atomic E-state index is -3.85. The van der Waals surface area contributed by atoms with Gasteiger partial charge in [0.25, 0.3) is 0 Å². The van der Waals surface area contributed by atoms with Gasteiger partial charge in [0.2, 0.25) is 10.0 Å². The Morgan fingerprint density at radius 3 is 2.79 bits per heavy atom. The van der Waals surface area contributed by atoms with Gasteiger partial charge in [0.05, 0.1) is 10.5 Å². The van der Waals surface area contributed by atoms with Crippen molar-refractivity contribution in [2.75, 3.05) is 19.7 Å². The molecular weight excluding hydrogens is 351 g/mol. The summed E-state index contributed by atoms with van der Waals surface area (Å²) in [7, 11) is -3.85. The largest absolute Gasteiger partial charge is 0.396 e. The summed E-state index contributed by atoms with van der Waals surface area (Å²) >= 11 is 1.52. The number of hydrogen-bond donors (Lipinski definition) is 1. The summed E-state index contributed by atoms with van der Waals surface area (Å²) in [5.41, 5.74) is 0.705. The molecule has 1 N–H and O–H groups in total. The molecule has 8 heteroatoms. The summed E-state index contributed by atoms with van der Waals surface area (Å²) in [5.74, 6) is -1.01. The van der Waals surface area contributed by atoms with Crippen LogP contribution in [0.4, 0.5) is 4.39 Å². The molecule has 2 heterocycles. The van der Waals surface area contributed by atoms with Crippen LogP contribution in [0.1, 0.15) is 17.0 Å². The molecule has 1 aliphatic heterocycles. The number of benzene rings is 1. The van der Waals surface area contributed by atoms with Gasteiger partial charge in [0.1, 0.15) is 11.9 Å². The van der Waals surface area contributed by atoms with Crippen molar-refractivity contribution in [1.29, 1.82) is 5.26 Å². The number of halogens is 1. The van der Waals surface area contributed by atoms with Crippen molar-refractivity contribution in [1.82, 2.24) is 4.31 Å². The molecule has 126 valence electrons. The van der Waals surface area contributed by atoms with E-state index in [1.165, 1.54) is 15.6 Å². The lowest BCUT2D eigenvalue weighted by molar-refractivity contribution is 0.223. The van der Waals surface area contributed by atoms with Crippen molar-refractivity contribution in [3.8, 4) is 6.07 Å². The first-order chi connectivity index (χ1) is 11.5. The van der Waals surface area contributed by atoms with Crippen molar-refractivity contribution in [2.45, 2.75) is 10.8 Å². The first-order valence-electron chi connectivity index (χ1n) is 7.30. The zero-order chi connectivity index (χ0) is 17.3. The second-order valence-electron chi connectivity index (χ2n) is 5.68. The van der Waals surface area contributed by atoms with Crippen LogP contribution < -0.4 is 0 Å². The van der Waals surface area contributed by atoms with Crippen molar-refractivity contribution in [3.05, 3.63) is 52.0 Å². The van der Waals surface area contributed by atoms with E-state index in [1.54, 1.807) is 6.07 Å². The fourth-order valence-corrected chi connectivity index (χ4v) is 5.25. The van der Waals surface area contributed by atoms with Crippen LogP contribution >= 0.6 is 11.3 Å². The molecule has 0 bridgehead atoms. The van der Waals surface area contributed by atoms with Crippen LogP contribution in [0.5, 0.6) is 0 Å². The zero-order valence-corrected chi connectivity index (χ0v) is 14.2. The van der Waals surface area contributed by atoms with Crippen LogP contribution in [0.15, 0.2) is 39.9 Å². The zero-order valence-electron chi connectivity index (χ0n) is 12.6. The molecule has 1 saturated heterocycles. The van der Waals surface area contributed by atoms with E-state index in [0.29, 0.717) is 0 Å². The van der Waals surface area contributed by atoms with E-state index >= 15 is 0 Å². The van der Waals surface area contributed by atoms with Crippen LogP contribution in [0.2, 0.25) is 0 Å². The molecule has 1 aromatic carbocycles. The third-order valence-electron chi connectivity index (χ3n) is 4.31. The van der Waals surface area contributed by atoms with Crippen molar-refractivity contribution in [3.63, 3.8) is 0 Å². The minimum Gasteiger partial charge on any atom is -0.396 e. The maximum Gasteiger partial charge on any atom is 0.243 e. The predicted molar refractivity (Wildman–Crippen MR) is 87.5 cm³/mol.